The third-order valence-corrected chi connectivity index (χ3v) is 4.33. The predicted octanol–water partition coefficient (Wildman–Crippen LogP) is 2.87. The number of anilines is 3. The molecule has 2 aromatic rings. The SMILES string of the molecule is CC(=O)Nc1cccc(NC(=O)C2(C(=O)Nc3ccc(C#N)cc3)CC2)c1. The Morgan fingerprint density at radius 1 is 0.889 bits per heavy atom. The van der Waals surface area contributed by atoms with Crippen molar-refractivity contribution in [3.63, 3.8) is 0 Å². The van der Waals surface area contributed by atoms with Gasteiger partial charge in [0.05, 0.1) is 11.6 Å². The lowest BCUT2D eigenvalue weighted by Crippen LogP contribution is -2.35. The van der Waals surface area contributed by atoms with Crippen LogP contribution in [0.15, 0.2) is 48.5 Å². The van der Waals surface area contributed by atoms with Gasteiger partial charge in [-0.3, -0.25) is 14.4 Å². The Balaban J connectivity index is 1.67. The van der Waals surface area contributed by atoms with Crippen LogP contribution in [0.5, 0.6) is 0 Å². The Hall–Kier alpha value is -3.66. The van der Waals surface area contributed by atoms with Crippen LogP contribution in [-0.2, 0) is 14.4 Å². The number of amides is 3. The van der Waals surface area contributed by atoms with E-state index in [1.807, 2.05) is 6.07 Å². The van der Waals surface area contributed by atoms with Gasteiger partial charge in [0.25, 0.3) is 0 Å². The number of nitrogens with zero attached hydrogens (tertiary/aromatic N) is 1. The highest BCUT2D eigenvalue weighted by Crippen LogP contribution is 2.47. The molecule has 0 aliphatic heterocycles. The number of hydrogen-bond donors (Lipinski definition) is 3. The van der Waals surface area contributed by atoms with Crippen LogP contribution in [0.1, 0.15) is 25.3 Å². The van der Waals surface area contributed by atoms with Gasteiger partial charge in [-0.25, -0.2) is 0 Å². The fourth-order valence-corrected chi connectivity index (χ4v) is 2.69. The molecule has 2 aromatic carbocycles. The first-order valence-corrected chi connectivity index (χ1v) is 8.44. The second kappa shape index (κ2) is 7.30. The molecule has 1 aliphatic rings. The van der Waals surface area contributed by atoms with Crippen LogP contribution in [0.2, 0.25) is 0 Å². The Morgan fingerprint density at radius 2 is 1.44 bits per heavy atom. The summed E-state index contributed by atoms with van der Waals surface area (Å²) in [7, 11) is 0. The van der Waals surface area contributed by atoms with Gasteiger partial charge in [-0.05, 0) is 55.3 Å². The van der Waals surface area contributed by atoms with E-state index in [9.17, 15) is 14.4 Å². The molecule has 0 bridgehead atoms. The maximum absolute atomic E-state index is 12.7. The first-order chi connectivity index (χ1) is 12.9. The molecule has 136 valence electrons. The molecule has 1 aliphatic carbocycles. The number of carbonyl (C=O) groups is 3. The van der Waals surface area contributed by atoms with Crippen LogP contribution in [0.25, 0.3) is 0 Å². The van der Waals surface area contributed by atoms with Crippen molar-refractivity contribution in [3.05, 3.63) is 54.1 Å². The van der Waals surface area contributed by atoms with Gasteiger partial charge >= 0.3 is 0 Å². The smallest absolute Gasteiger partial charge is 0.240 e. The molecule has 3 amide bonds. The summed E-state index contributed by atoms with van der Waals surface area (Å²) in [5, 5.41) is 16.9. The molecule has 0 heterocycles. The van der Waals surface area contributed by atoms with Gasteiger partial charge in [0, 0.05) is 24.0 Å². The minimum absolute atomic E-state index is 0.209. The molecule has 27 heavy (non-hydrogen) atoms. The topological polar surface area (TPSA) is 111 Å². The van der Waals surface area contributed by atoms with Crippen LogP contribution >= 0.6 is 0 Å². The second-order valence-electron chi connectivity index (χ2n) is 6.44. The lowest BCUT2D eigenvalue weighted by molar-refractivity contribution is -0.131. The third-order valence-electron chi connectivity index (χ3n) is 4.33. The summed E-state index contributed by atoms with van der Waals surface area (Å²) < 4.78 is 0. The van der Waals surface area contributed by atoms with E-state index >= 15 is 0 Å². The summed E-state index contributed by atoms with van der Waals surface area (Å²) in [5.74, 6) is -0.963. The molecule has 7 heteroatoms. The molecular weight excluding hydrogens is 344 g/mol. The maximum Gasteiger partial charge on any atom is 0.240 e. The minimum atomic E-state index is -1.10. The minimum Gasteiger partial charge on any atom is -0.326 e. The molecule has 3 rings (SSSR count). The number of carbonyl (C=O) groups excluding carboxylic acids is 3. The van der Waals surface area contributed by atoms with Gasteiger partial charge in [0.2, 0.25) is 17.7 Å². The summed E-state index contributed by atoms with van der Waals surface area (Å²) in [5.41, 5.74) is 0.991. The third kappa shape index (κ3) is 4.12. The molecule has 3 N–H and O–H groups in total. The van der Waals surface area contributed by atoms with Crippen molar-refractivity contribution in [1.82, 2.24) is 0 Å². The van der Waals surface area contributed by atoms with Gasteiger partial charge in [0.15, 0.2) is 0 Å². The zero-order valence-corrected chi connectivity index (χ0v) is 14.7. The van der Waals surface area contributed by atoms with Crippen LogP contribution in [-0.4, -0.2) is 17.7 Å². The summed E-state index contributed by atoms with van der Waals surface area (Å²) in [4.78, 5) is 36.4. The van der Waals surface area contributed by atoms with Crippen molar-refractivity contribution in [2.24, 2.45) is 5.41 Å². The zero-order valence-electron chi connectivity index (χ0n) is 14.7. The Bertz CT molecular complexity index is 940. The largest absolute Gasteiger partial charge is 0.326 e. The van der Waals surface area contributed by atoms with Crippen LogP contribution < -0.4 is 16.0 Å². The van der Waals surface area contributed by atoms with E-state index in [1.54, 1.807) is 48.5 Å². The van der Waals surface area contributed by atoms with Crippen molar-refractivity contribution in [2.75, 3.05) is 16.0 Å². The molecule has 0 radical (unpaired) electrons. The van der Waals surface area contributed by atoms with E-state index in [0.717, 1.165) is 0 Å². The van der Waals surface area contributed by atoms with E-state index in [4.69, 9.17) is 5.26 Å². The number of benzene rings is 2. The van der Waals surface area contributed by atoms with Crippen molar-refractivity contribution in [2.45, 2.75) is 19.8 Å². The standard InChI is InChI=1S/C20H18N4O3/c1-13(25)22-16-3-2-4-17(11-16)24-19(27)20(9-10-20)18(26)23-15-7-5-14(12-21)6-8-15/h2-8,11H,9-10H2,1H3,(H,22,25)(H,23,26)(H,24,27). The van der Waals surface area contributed by atoms with E-state index in [2.05, 4.69) is 16.0 Å². The van der Waals surface area contributed by atoms with Gasteiger partial charge in [-0.2, -0.15) is 5.26 Å². The average molecular weight is 362 g/mol. The summed E-state index contributed by atoms with van der Waals surface area (Å²) in [6, 6.07) is 15.2. The Morgan fingerprint density at radius 3 is 1.96 bits per heavy atom. The molecule has 0 atom stereocenters. The lowest BCUT2D eigenvalue weighted by Gasteiger charge is -2.16. The molecule has 0 unspecified atom stereocenters. The zero-order chi connectivity index (χ0) is 19.4. The van der Waals surface area contributed by atoms with Crippen LogP contribution in [0.3, 0.4) is 0 Å². The van der Waals surface area contributed by atoms with Crippen molar-refractivity contribution < 1.29 is 14.4 Å². The van der Waals surface area contributed by atoms with Crippen molar-refractivity contribution in [3.8, 4) is 6.07 Å². The quantitative estimate of drug-likeness (QED) is 0.710. The van der Waals surface area contributed by atoms with Crippen molar-refractivity contribution in [1.29, 1.82) is 5.26 Å². The van der Waals surface area contributed by atoms with Crippen molar-refractivity contribution >= 4 is 34.8 Å². The molecule has 0 spiro atoms. The van der Waals surface area contributed by atoms with Crippen LogP contribution in [0, 0.1) is 16.7 Å². The van der Waals surface area contributed by atoms with E-state index < -0.39 is 5.41 Å². The fourth-order valence-electron chi connectivity index (χ4n) is 2.69. The molecule has 7 nitrogen and oxygen atoms in total. The average Bonchev–Trinajstić information content (AvgIpc) is 3.44. The molecule has 0 aromatic heterocycles. The first-order valence-electron chi connectivity index (χ1n) is 8.44. The van der Waals surface area contributed by atoms with Gasteiger partial charge in [-0.15, -0.1) is 0 Å². The normalized spacial score (nSPS) is 13.8. The monoisotopic (exact) mass is 362 g/mol. The predicted molar refractivity (Wildman–Crippen MR) is 101 cm³/mol. The van der Waals surface area contributed by atoms with Crippen LogP contribution in [0.4, 0.5) is 17.1 Å². The number of nitriles is 1. The van der Waals surface area contributed by atoms with Gasteiger partial charge in [0.1, 0.15) is 5.41 Å². The molecular formula is C20H18N4O3. The number of nitrogens with one attached hydrogen (secondary N) is 3. The highest BCUT2D eigenvalue weighted by atomic mass is 16.2. The lowest BCUT2D eigenvalue weighted by atomic mass is 10.0. The number of hydrogen-bond acceptors (Lipinski definition) is 4. The summed E-state index contributed by atoms with van der Waals surface area (Å²) in [6.45, 7) is 1.40. The van der Waals surface area contributed by atoms with Gasteiger partial charge < -0.3 is 16.0 Å². The second-order valence-corrected chi connectivity index (χ2v) is 6.44. The van der Waals surface area contributed by atoms with E-state index in [-0.39, 0.29) is 17.7 Å². The first kappa shape index (κ1) is 18.1. The summed E-state index contributed by atoms with van der Waals surface area (Å²) >= 11 is 0. The highest BCUT2D eigenvalue weighted by Gasteiger charge is 2.56. The Kier molecular flexibility index (Phi) is 4.90. The molecule has 1 fully saturated rings. The highest BCUT2D eigenvalue weighted by molar-refractivity contribution is 6.17. The fraction of sp³-hybridized carbons (Fsp3) is 0.200. The molecule has 1 saturated carbocycles. The Labute approximate surface area is 156 Å². The number of rotatable bonds is 5. The summed E-state index contributed by atoms with van der Waals surface area (Å²) in [6.07, 6.45) is 0.929. The van der Waals surface area contributed by atoms with E-state index in [1.165, 1.54) is 6.92 Å². The van der Waals surface area contributed by atoms with Gasteiger partial charge in [-0.1, -0.05) is 6.07 Å². The molecule has 0 saturated heterocycles. The van der Waals surface area contributed by atoms with E-state index in [0.29, 0.717) is 35.5 Å². The maximum atomic E-state index is 12.7.